The van der Waals surface area contributed by atoms with Crippen molar-refractivity contribution in [3.05, 3.63) is 29.8 Å². The van der Waals surface area contributed by atoms with Crippen molar-refractivity contribution in [2.45, 2.75) is 19.9 Å². The van der Waals surface area contributed by atoms with E-state index in [4.69, 9.17) is 4.74 Å². The maximum atomic E-state index is 5.23. The summed E-state index contributed by atoms with van der Waals surface area (Å²) in [6.07, 6.45) is 1.19. The molecule has 2 nitrogen and oxygen atoms in total. The third kappa shape index (κ3) is 4.54. The van der Waals surface area contributed by atoms with Crippen LogP contribution in [0.15, 0.2) is 24.3 Å². The van der Waals surface area contributed by atoms with Crippen LogP contribution in [0.5, 0.6) is 5.75 Å². The van der Waals surface area contributed by atoms with Gasteiger partial charge in [-0.15, -0.1) is 0 Å². The van der Waals surface area contributed by atoms with Gasteiger partial charge in [0.05, 0.1) is 7.11 Å². The molecule has 0 amide bonds. The number of nitrogens with zero attached hydrogens (tertiary/aromatic N) is 1. The summed E-state index contributed by atoms with van der Waals surface area (Å²) in [6.45, 7) is 5.43. The number of alkyl halides is 1. The van der Waals surface area contributed by atoms with E-state index in [9.17, 15) is 0 Å². The third-order valence-electron chi connectivity index (χ3n) is 2.60. The minimum Gasteiger partial charge on any atom is -0.497 e. The van der Waals surface area contributed by atoms with Gasteiger partial charge in [0.25, 0.3) is 0 Å². The highest BCUT2D eigenvalue weighted by atomic mass is 79.9. The molecule has 0 atom stereocenters. The quantitative estimate of drug-likeness (QED) is 0.713. The number of halogens is 1. The summed E-state index contributed by atoms with van der Waals surface area (Å²) >= 11 is 3.47. The molecule has 0 aromatic heterocycles. The molecule has 0 unspecified atom stereocenters. The average molecular weight is 286 g/mol. The van der Waals surface area contributed by atoms with Crippen LogP contribution >= 0.6 is 15.9 Å². The fourth-order valence-corrected chi connectivity index (χ4v) is 1.91. The summed E-state index contributed by atoms with van der Waals surface area (Å²) in [4.78, 5) is 2.44. The summed E-state index contributed by atoms with van der Waals surface area (Å²) in [6, 6.07) is 8.29. The monoisotopic (exact) mass is 285 g/mol. The average Bonchev–Trinajstić information content (AvgIpc) is 2.34. The van der Waals surface area contributed by atoms with Gasteiger partial charge in [-0.3, -0.25) is 4.90 Å². The molecule has 0 N–H and O–H groups in total. The standard InChI is InChI=1S/C13H20BrNO/c1-3-15(9-5-8-14)11-12-6-4-7-13(10-12)16-2/h4,6-7,10H,3,5,8-9,11H2,1-2H3. The summed E-state index contributed by atoms with van der Waals surface area (Å²) in [7, 11) is 1.71. The third-order valence-corrected chi connectivity index (χ3v) is 3.16. The van der Waals surface area contributed by atoms with Crippen LogP contribution in [0.3, 0.4) is 0 Å². The molecule has 1 aromatic carbocycles. The predicted octanol–water partition coefficient (Wildman–Crippen LogP) is 3.30. The van der Waals surface area contributed by atoms with Crippen LogP contribution in [0.2, 0.25) is 0 Å². The van der Waals surface area contributed by atoms with Gasteiger partial charge in [-0.2, -0.15) is 0 Å². The number of hydrogen-bond donors (Lipinski definition) is 0. The number of rotatable bonds is 7. The molecule has 90 valence electrons. The Labute approximate surface area is 107 Å². The van der Waals surface area contributed by atoms with E-state index in [0.29, 0.717) is 0 Å². The van der Waals surface area contributed by atoms with Crippen molar-refractivity contribution in [3.63, 3.8) is 0 Å². The Hall–Kier alpha value is -0.540. The first kappa shape index (κ1) is 13.5. The Morgan fingerprint density at radius 2 is 2.19 bits per heavy atom. The maximum Gasteiger partial charge on any atom is 0.119 e. The first-order valence-electron chi connectivity index (χ1n) is 5.71. The second-order valence-electron chi connectivity index (χ2n) is 3.76. The van der Waals surface area contributed by atoms with Crippen molar-refractivity contribution >= 4 is 15.9 Å². The first-order chi connectivity index (χ1) is 7.80. The number of ether oxygens (including phenoxy) is 1. The van der Waals surface area contributed by atoms with Crippen molar-refractivity contribution in [2.75, 3.05) is 25.5 Å². The Balaban J connectivity index is 2.55. The molecule has 0 radical (unpaired) electrons. The van der Waals surface area contributed by atoms with E-state index in [0.717, 1.165) is 30.7 Å². The molecule has 1 aromatic rings. The van der Waals surface area contributed by atoms with E-state index in [1.807, 2.05) is 12.1 Å². The largest absolute Gasteiger partial charge is 0.497 e. The predicted molar refractivity (Wildman–Crippen MR) is 72.4 cm³/mol. The minimum absolute atomic E-state index is 0.939. The zero-order valence-electron chi connectivity index (χ0n) is 10.1. The van der Waals surface area contributed by atoms with Crippen LogP contribution in [-0.4, -0.2) is 30.4 Å². The Kier molecular flexibility index (Phi) is 6.50. The normalized spacial score (nSPS) is 10.8. The minimum atomic E-state index is 0.939. The highest BCUT2D eigenvalue weighted by molar-refractivity contribution is 9.09. The lowest BCUT2D eigenvalue weighted by Crippen LogP contribution is -2.24. The molecule has 0 aliphatic heterocycles. The lowest BCUT2D eigenvalue weighted by molar-refractivity contribution is 0.281. The summed E-state index contributed by atoms with van der Waals surface area (Å²) < 4.78 is 5.23. The van der Waals surface area contributed by atoms with E-state index in [2.05, 4.69) is 39.9 Å². The van der Waals surface area contributed by atoms with Gasteiger partial charge in [0.15, 0.2) is 0 Å². The first-order valence-corrected chi connectivity index (χ1v) is 6.83. The van der Waals surface area contributed by atoms with E-state index in [-0.39, 0.29) is 0 Å². The van der Waals surface area contributed by atoms with Gasteiger partial charge in [-0.25, -0.2) is 0 Å². The van der Waals surface area contributed by atoms with E-state index >= 15 is 0 Å². The van der Waals surface area contributed by atoms with Gasteiger partial charge in [0, 0.05) is 11.9 Å². The van der Waals surface area contributed by atoms with Gasteiger partial charge in [0.1, 0.15) is 5.75 Å². The van der Waals surface area contributed by atoms with Crippen LogP contribution in [0.25, 0.3) is 0 Å². The molecule has 0 heterocycles. The zero-order chi connectivity index (χ0) is 11.8. The van der Waals surface area contributed by atoms with Gasteiger partial charge in [0.2, 0.25) is 0 Å². The highest BCUT2D eigenvalue weighted by Crippen LogP contribution is 2.14. The zero-order valence-corrected chi connectivity index (χ0v) is 11.7. The van der Waals surface area contributed by atoms with E-state index < -0.39 is 0 Å². The lowest BCUT2D eigenvalue weighted by atomic mass is 10.2. The van der Waals surface area contributed by atoms with Crippen molar-refractivity contribution in [3.8, 4) is 5.75 Å². The summed E-state index contributed by atoms with van der Waals surface area (Å²) in [5.74, 6) is 0.939. The fourth-order valence-electron chi connectivity index (χ4n) is 1.66. The summed E-state index contributed by atoms with van der Waals surface area (Å²) in [5, 5.41) is 1.07. The lowest BCUT2D eigenvalue weighted by Gasteiger charge is -2.20. The molecule has 0 aliphatic rings. The van der Waals surface area contributed by atoms with Gasteiger partial charge in [-0.1, -0.05) is 35.0 Å². The molecular weight excluding hydrogens is 266 g/mol. The number of hydrogen-bond acceptors (Lipinski definition) is 2. The second-order valence-corrected chi connectivity index (χ2v) is 4.56. The van der Waals surface area contributed by atoms with E-state index in [1.54, 1.807) is 7.11 Å². The van der Waals surface area contributed by atoms with Crippen LogP contribution in [-0.2, 0) is 6.54 Å². The van der Waals surface area contributed by atoms with Gasteiger partial charge >= 0.3 is 0 Å². The fraction of sp³-hybridized carbons (Fsp3) is 0.538. The molecule has 0 fully saturated rings. The number of benzene rings is 1. The maximum absolute atomic E-state index is 5.23. The van der Waals surface area contributed by atoms with Crippen molar-refractivity contribution in [1.82, 2.24) is 4.90 Å². The molecule has 0 bridgehead atoms. The van der Waals surface area contributed by atoms with Crippen LogP contribution < -0.4 is 4.74 Å². The topological polar surface area (TPSA) is 12.5 Å². The molecule has 3 heteroatoms. The van der Waals surface area contributed by atoms with Crippen LogP contribution in [0.4, 0.5) is 0 Å². The van der Waals surface area contributed by atoms with E-state index in [1.165, 1.54) is 12.0 Å². The second kappa shape index (κ2) is 7.69. The van der Waals surface area contributed by atoms with Gasteiger partial charge < -0.3 is 4.74 Å². The Morgan fingerprint density at radius 3 is 2.81 bits per heavy atom. The van der Waals surface area contributed by atoms with Crippen molar-refractivity contribution in [2.24, 2.45) is 0 Å². The molecule has 0 saturated heterocycles. The molecule has 1 rings (SSSR count). The van der Waals surface area contributed by atoms with Crippen LogP contribution in [0, 0.1) is 0 Å². The van der Waals surface area contributed by atoms with Crippen molar-refractivity contribution in [1.29, 1.82) is 0 Å². The van der Waals surface area contributed by atoms with Crippen molar-refractivity contribution < 1.29 is 4.74 Å². The molecule has 0 aliphatic carbocycles. The molecule has 0 spiro atoms. The summed E-state index contributed by atoms with van der Waals surface area (Å²) in [5.41, 5.74) is 1.32. The molecule has 0 saturated carbocycles. The van der Waals surface area contributed by atoms with Crippen LogP contribution in [0.1, 0.15) is 18.9 Å². The Morgan fingerprint density at radius 1 is 1.38 bits per heavy atom. The SMILES string of the molecule is CCN(CCCBr)Cc1cccc(OC)c1. The molecular formula is C13H20BrNO. The number of methoxy groups -OCH3 is 1. The Bertz CT molecular complexity index is 304. The molecule has 16 heavy (non-hydrogen) atoms. The smallest absolute Gasteiger partial charge is 0.119 e. The van der Waals surface area contributed by atoms with Gasteiger partial charge in [-0.05, 0) is 37.2 Å². The highest BCUT2D eigenvalue weighted by Gasteiger charge is 2.03.